The highest BCUT2D eigenvalue weighted by Crippen LogP contribution is 2.18. The van der Waals surface area contributed by atoms with Crippen LogP contribution in [0.25, 0.3) is 0 Å². The summed E-state index contributed by atoms with van der Waals surface area (Å²) >= 11 is 0. The lowest BCUT2D eigenvalue weighted by molar-refractivity contribution is -0.384. The molecule has 0 aliphatic rings. The van der Waals surface area contributed by atoms with Crippen molar-refractivity contribution in [2.24, 2.45) is 0 Å². The van der Waals surface area contributed by atoms with Gasteiger partial charge in [-0.2, -0.15) is 0 Å². The summed E-state index contributed by atoms with van der Waals surface area (Å²) in [5.74, 6) is 0.250. The first-order chi connectivity index (χ1) is 11.0. The largest absolute Gasteiger partial charge is 0.467 e. The fourth-order valence-corrected chi connectivity index (χ4v) is 2.24. The Morgan fingerprint density at radius 1 is 1.35 bits per heavy atom. The Balaban J connectivity index is 1.82. The Morgan fingerprint density at radius 2 is 2.04 bits per heavy atom. The minimum atomic E-state index is -0.778. The van der Waals surface area contributed by atoms with Gasteiger partial charge in [-0.3, -0.25) is 14.9 Å². The molecule has 0 aliphatic heterocycles. The average Bonchev–Trinajstić information content (AvgIpc) is 3.01. The molecule has 1 heterocycles. The van der Waals surface area contributed by atoms with Gasteiger partial charge in [0.25, 0.3) is 5.69 Å². The van der Waals surface area contributed by atoms with Crippen molar-refractivity contribution >= 4 is 11.6 Å². The lowest BCUT2D eigenvalue weighted by Gasteiger charge is -2.16. The van der Waals surface area contributed by atoms with Crippen molar-refractivity contribution in [1.29, 1.82) is 0 Å². The van der Waals surface area contributed by atoms with Crippen LogP contribution in [0.2, 0.25) is 0 Å². The first kappa shape index (κ1) is 16.7. The van der Waals surface area contributed by atoms with E-state index in [1.807, 2.05) is 0 Å². The molecule has 0 spiro atoms. The van der Waals surface area contributed by atoms with Crippen molar-refractivity contribution < 1.29 is 19.2 Å². The van der Waals surface area contributed by atoms with Crippen molar-refractivity contribution in [3.8, 4) is 0 Å². The minimum Gasteiger partial charge on any atom is -0.467 e. The first-order valence-electron chi connectivity index (χ1n) is 7.20. The van der Waals surface area contributed by atoms with Crippen molar-refractivity contribution in [1.82, 2.24) is 5.32 Å². The van der Waals surface area contributed by atoms with Crippen LogP contribution in [0.5, 0.6) is 0 Å². The van der Waals surface area contributed by atoms with Gasteiger partial charge in [0.2, 0.25) is 5.91 Å². The highest BCUT2D eigenvalue weighted by atomic mass is 16.6. The van der Waals surface area contributed by atoms with Gasteiger partial charge in [-0.15, -0.1) is 0 Å². The maximum Gasteiger partial charge on any atom is 0.269 e. The number of carbonyl (C=O) groups excluding carboxylic acids is 1. The van der Waals surface area contributed by atoms with Gasteiger partial charge in [-0.25, -0.2) is 0 Å². The smallest absolute Gasteiger partial charge is 0.269 e. The molecule has 2 rings (SSSR count). The van der Waals surface area contributed by atoms with E-state index in [4.69, 9.17) is 4.42 Å². The Kier molecular flexibility index (Phi) is 5.48. The molecule has 0 fully saturated rings. The molecular weight excluding hydrogens is 300 g/mol. The molecule has 7 heteroatoms. The van der Waals surface area contributed by atoms with E-state index < -0.39 is 11.0 Å². The molecule has 0 aliphatic carbocycles. The number of amides is 1. The number of aliphatic hydroxyl groups excluding tert-OH is 1. The molecule has 7 nitrogen and oxygen atoms in total. The Hall–Kier alpha value is -2.67. The average molecular weight is 318 g/mol. The summed E-state index contributed by atoms with van der Waals surface area (Å²) in [6.45, 7) is 1.79. The van der Waals surface area contributed by atoms with E-state index in [9.17, 15) is 20.0 Å². The number of nitro benzene ring substituents is 1. The molecule has 0 saturated heterocycles. The molecule has 2 N–H and O–H groups in total. The number of rotatable bonds is 7. The van der Waals surface area contributed by atoms with Crippen LogP contribution in [-0.2, 0) is 11.2 Å². The zero-order valence-electron chi connectivity index (χ0n) is 12.6. The Bertz CT molecular complexity index is 652. The van der Waals surface area contributed by atoms with Gasteiger partial charge in [0, 0.05) is 24.6 Å². The van der Waals surface area contributed by atoms with Gasteiger partial charge in [-0.1, -0.05) is 12.1 Å². The number of hydrogen-bond donors (Lipinski definition) is 2. The van der Waals surface area contributed by atoms with Gasteiger partial charge >= 0.3 is 0 Å². The molecule has 2 atom stereocenters. The van der Waals surface area contributed by atoms with Gasteiger partial charge < -0.3 is 14.8 Å². The molecule has 1 aromatic heterocycles. The SMILES string of the molecule is CC(CC(O)c1ccco1)NC(=O)Cc1ccc([N+](=O)[O-])cc1. The minimum absolute atomic E-state index is 0.0101. The molecule has 0 saturated carbocycles. The van der Waals surface area contributed by atoms with Gasteiger partial charge in [0.15, 0.2) is 0 Å². The topological polar surface area (TPSA) is 106 Å². The summed E-state index contributed by atoms with van der Waals surface area (Å²) in [5, 5.41) is 23.3. The van der Waals surface area contributed by atoms with E-state index in [1.165, 1.54) is 18.4 Å². The summed E-state index contributed by atoms with van der Waals surface area (Å²) in [5.41, 5.74) is 0.677. The van der Waals surface area contributed by atoms with Crippen LogP contribution in [0.15, 0.2) is 47.1 Å². The fourth-order valence-electron chi connectivity index (χ4n) is 2.24. The quantitative estimate of drug-likeness (QED) is 0.602. The van der Waals surface area contributed by atoms with Crippen LogP contribution >= 0.6 is 0 Å². The molecule has 2 aromatic rings. The van der Waals surface area contributed by atoms with Crippen LogP contribution in [0, 0.1) is 10.1 Å². The van der Waals surface area contributed by atoms with Crippen molar-refractivity contribution in [2.75, 3.05) is 0 Å². The first-order valence-corrected chi connectivity index (χ1v) is 7.20. The Labute approximate surface area is 133 Å². The predicted octanol–water partition coefficient (Wildman–Crippen LogP) is 2.36. The van der Waals surface area contributed by atoms with Crippen LogP contribution in [-0.4, -0.2) is 22.0 Å². The molecule has 122 valence electrons. The van der Waals surface area contributed by atoms with E-state index in [-0.39, 0.29) is 24.1 Å². The lowest BCUT2D eigenvalue weighted by atomic mass is 10.1. The third kappa shape index (κ3) is 4.93. The number of nitro groups is 1. The van der Waals surface area contributed by atoms with E-state index in [0.29, 0.717) is 17.7 Å². The van der Waals surface area contributed by atoms with E-state index >= 15 is 0 Å². The van der Waals surface area contributed by atoms with Gasteiger partial charge in [0.05, 0.1) is 17.6 Å². The van der Waals surface area contributed by atoms with Crippen LogP contribution in [0.3, 0.4) is 0 Å². The third-order valence-corrected chi connectivity index (χ3v) is 3.37. The normalized spacial score (nSPS) is 13.3. The Morgan fingerprint density at radius 3 is 2.61 bits per heavy atom. The molecule has 23 heavy (non-hydrogen) atoms. The zero-order chi connectivity index (χ0) is 16.8. The van der Waals surface area contributed by atoms with Gasteiger partial charge in [-0.05, 0) is 24.6 Å². The van der Waals surface area contributed by atoms with Crippen molar-refractivity contribution in [3.63, 3.8) is 0 Å². The number of non-ortho nitro benzene ring substituents is 1. The monoisotopic (exact) mass is 318 g/mol. The molecule has 2 unspecified atom stereocenters. The van der Waals surface area contributed by atoms with Crippen LogP contribution in [0.4, 0.5) is 5.69 Å². The molecule has 1 amide bonds. The fraction of sp³-hybridized carbons (Fsp3) is 0.312. The summed E-state index contributed by atoms with van der Waals surface area (Å²) in [6.07, 6.45) is 1.16. The number of carbonyl (C=O) groups is 1. The second-order valence-electron chi connectivity index (χ2n) is 5.34. The number of nitrogens with zero attached hydrogens (tertiary/aromatic N) is 1. The number of aliphatic hydroxyl groups is 1. The highest BCUT2D eigenvalue weighted by molar-refractivity contribution is 5.78. The van der Waals surface area contributed by atoms with Crippen molar-refractivity contribution in [2.45, 2.75) is 31.9 Å². The third-order valence-electron chi connectivity index (χ3n) is 3.37. The van der Waals surface area contributed by atoms with Crippen LogP contribution < -0.4 is 5.32 Å². The summed E-state index contributed by atoms with van der Waals surface area (Å²) in [4.78, 5) is 22.1. The predicted molar refractivity (Wildman–Crippen MR) is 82.7 cm³/mol. The molecule has 0 bridgehead atoms. The van der Waals surface area contributed by atoms with Crippen molar-refractivity contribution in [3.05, 3.63) is 64.1 Å². The van der Waals surface area contributed by atoms with E-state index in [1.54, 1.807) is 31.2 Å². The number of nitrogens with one attached hydrogen (secondary N) is 1. The summed E-state index contributed by atoms with van der Waals surface area (Å²) < 4.78 is 5.11. The second kappa shape index (κ2) is 7.55. The van der Waals surface area contributed by atoms with Crippen LogP contribution in [0.1, 0.15) is 30.8 Å². The number of hydrogen-bond acceptors (Lipinski definition) is 5. The number of benzene rings is 1. The number of furan rings is 1. The van der Waals surface area contributed by atoms with E-state index in [2.05, 4.69) is 5.32 Å². The molecule has 0 radical (unpaired) electrons. The van der Waals surface area contributed by atoms with E-state index in [0.717, 1.165) is 0 Å². The lowest BCUT2D eigenvalue weighted by Crippen LogP contribution is -2.34. The standard InChI is InChI=1S/C16H18N2O5/c1-11(9-14(19)15-3-2-8-23-15)17-16(20)10-12-4-6-13(7-5-12)18(21)22/h2-8,11,14,19H,9-10H2,1H3,(H,17,20). The highest BCUT2D eigenvalue weighted by Gasteiger charge is 2.16. The molecular formula is C16H18N2O5. The van der Waals surface area contributed by atoms with Gasteiger partial charge in [0.1, 0.15) is 11.9 Å². The second-order valence-corrected chi connectivity index (χ2v) is 5.34. The maximum absolute atomic E-state index is 12.0. The maximum atomic E-state index is 12.0. The zero-order valence-corrected chi connectivity index (χ0v) is 12.6. The summed E-state index contributed by atoms with van der Waals surface area (Å²) in [7, 11) is 0. The summed E-state index contributed by atoms with van der Waals surface area (Å²) in [6, 6.07) is 8.98. The molecule has 1 aromatic carbocycles.